The highest BCUT2D eigenvalue weighted by molar-refractivity contribution is 9.10. The third-order valence-corrected chi connectivity index (χ3v) is 5.09. The summed E-state index contributed by atoms with van der Waals surface area (Å²) >= 11 is 17.6. The SMILES string of the molecule is COc1ccc(Cl)cc1C(Cl)c1sccc1Br. The first-order valence-electron chi connectivity index (χ1n) is 4.84. The summed E-state index contributed by atoms with van der Waals surface area (Å²) in [6.45, 7) is 0. The molecule has 1 aromatic carbocycles. The molecule has 1 aromatic heterocycles. The minimum Gasteiger partial charge on any atom is -0.496 e. The lowest BCUT2D eigenvalue weighted by atomic mass is 10.1. The molecule has 17 heavy (non-hydrogen) atoms. The van der Waals surface area contributed by atoms with Crippen molar-refractivity contribution in [1.82, 2.24) is 0 Å². The average Bonchev–Trinajstić information content (AvgIpc) is 2.74. The predicted octanol–water partition coefficient (Wildman–Crippen LogP) is 5.50. The summed E-state index contributed by atoms with van der Waals surface area (Å²) in [5.74, 6) is 0.745. The van der Waals surface area contributed by atoms with E-state index in [1.165, 1.54) is 0 Å². The van der Waals surface area contributed by atoms with Gasteiger partial charge in [-0.1, -0.05) is 11.6 Å². The lowest BCUT2D eigenvalue weighted by Gasteiger charge is -2.13. The van der Waals surface area contributed by atoms with Crippen LogP contribution >= 0.6 is 50.5 Å². The highest BCUT2D eigenvalue weighted by Gasteiger charge is 2.19. The van der Waals surface area contributed by atoms with E-state index >= 15 is 0 Å². The molecular formula is C12H9BrCl2OS. The van der Waals surface area contributed by atoms with Gasteiger partial charge in [0.2, 0.25) is 0 Å². The number of hydrogen-bond donors (Lipinski definition) is 0. The van der Waals surface area contributed by atoms with Crippen LogP contribution in [0.5, 0.6) is 5.75 Å². The minimum atomic E-state index is -0.266. The molecule has 5 heteroatoms. The van der Waals surface area contributed by atoms with Gasteiger partial charge in [0.05, 0.1) is 12.5 Å². The van der Waals surface area contributed by atoms with Crippen LogP contribution < -0.4 is 4.74 Å². The van der Waals surface area contributed by atoms with Gasteiger partial charge >= 0.3 is 0 Å². The predicted molar refractivity (Wildman–Crippen MR) is 77.7 cm³/mol. The second kappa shape index (κ2) is 5.61. The Balaban J connectivity index is 2.46. The van der Waals surface area contributed by atoms with Gasteiger partial charge in [-0.05, 0) is 45.6 Å². The monoisotopic (exact) mass is 350 g/mol. The fraction of sp³-hybridized carbons (Fsp3) is 0.167. The van der Waals surface area contributed by atoms with Crippen molar-refractivity contribution in [3.8, 4) is 5.75 Å². The van der Waals surface area contributed by atoms with Crippen LogP contribution in [-0.4, -0.2) is 7.11 Å². The zero-order chi connectivity index (χ0) is 12.4. The third kappa shape index (κ3) is 2.79. The van der Waals surface area contributed by atoms with E-state index in [2.05, 4.69) is 15.9 Å². The zero-order valence-corrected chi connectivity index (χ0v) is 12.8. The lowest BCUT2D eigenvalue weighted by Crippen LogP contribution is -1.96. The molecule has 0 aliphatic carbocycles. The Labute approximate surface area is 122 Å². The summed E-state index contributed by atoms with van der Waals surface area (Å²) in [6, 6.07) is 7.43. The number of hydrogen-bond acceptors (Lipinski definition) is 2. The Bertz CT molecular complexity index is 527. The average molecular weight is 352 g/mol. The Morgan fingerprint density at radius 1 is 1.35 bits per heavy atom. The number of benzene rings is 1. The van der Waals surface area contributed by atoms with E-state index in [1.807, 2.05) is 23.6 Å². The molecule has 0 amide bonds. The van der Waals surface area contributed by atoms with E-state index in [0.29, 0.717) is 5.02 Å². The standard InChI is InChI=1S/C12H9BrCl2OS/c1-16-10-3-2-7(14)6-8(10)11(15)12-9(13)4-5-17-12/h2-6,11H,1H3. The van der Waals surface area contributed by atoms with Crippen molar-refractivity contribution in [3.05, 3.63) is 49.6 Å². The topological polar surface area (TPSA) is 9.23 Å². The number of alkyl halides is 1. The van der Waals surface area contributed by atoms with Crippen LogP contribution in [-0.2, 0) is 0 Å². The van der Waals surface area contributed by atoms with Crippen molar-refractivity contribution in [3.63, 3.8) is 0 Å². The van der Waals surface area contributed by atoms with Crippen molar-refractivity contribution in [2.24, 2.45) is 0 Å². The van der Waals surface area contributed by atoms with Gasteiger partial charge in [0.15, 0.2) is 0 Å². The summed E-state index contributed by atoms with van der Waals surface area (Å²) in [4.78, 5) is 1.05. The quantitative estimate of drug-likeness (QED) is 0.663. The van der Waals surface area contributed by atoms with Gasteiger partial charge in [0.1, 0.15) is 5.75 Å². The van der Waals surface area contributed by atoms with Gasteiger partial charge in [-0.15, -0.1) is 22.9 Å². The number of rotatable bonds is 3. The van der Waals surface area contributed by atoms with Crippen LogP contribution in [0.4, 0.5) is 0 Å². The second-order valence-electron chi connectivity index (χ2n) is 3.38. The van der Waals surface area contributed by atoms with E-state index in [1.54, 1.807) is 24.5 Å². The van der Waals surface area contributed by atoms with Crippen LogP contribution in [0.25, 0.3) is 0 Å². The molecule has 1 unspecified atom stereocenters. The highest BCUT2D eigenvalue weighted by Crippen LogP contribution is 2.41. The van der Waals surface area contributed by atoms with Crippen molar-refractivity contribution in [2.45, 2.75) is 5.38 Å². The molecule has 1 atom stereocenters. The van der Waals surface area contributed by atoms with Crippen molar-refractivity contribution in [2.75, 3.05) is 7.11 Å². The first-order valence-corrected chi connectivity index (χ1v) is 7.32. The van der Waals surface area contributed by atoms with Gasteiger partial charge in [0.25, 0.3) is 0 Å². The molecule has 0 saturated heterocycles. The molecule has 1 nitrogen and oxygen atoms in total. The summed E-state index contributed by atoms with van der Waals surface area (Å²) in [6.07, 6.45) is 0. The van der Waals surface area contributed by atoms with E-state index < -0.39 is 0 Å². The summed E-state index contributed by atoms with van der Waals surface area (Å²) < 4.78 is 6.31. The molecule has 2 aromatic rings. The van der Waals surface area contributed by atoms with Gasteiger partial charge < -0.3 is 4.74 Å². The van der Waals surface area contributed by atoms with Crippen molar-refractivity contribution >= 4 is 50.5 Å². The highest BCUT2D eigenvalue weighted by atomic mass is 79.9. The van der Waals surface area contributed by atoms with E-state index in [4.69, 9.17) is 27.9 Å². The number of thiophene rings is 1. The van der Waals surface area contributed by atoms with E-state index in [0.717, 1.165) is 20.7 Å². The van der Waals surface area contributed by atoms with Gasteiger partial charge in [-0.3, -0.25) is 0 Å². The fourth-order valence-electron chi connectivity index (χ4n) is 1.53. The maximum Gasteiger partial charge on any atom is 0.124 e. The lowest BCUT2D eigenvalue weighted by molar-refractivity contribution is 0.410. The molecule has 0 radical (unpaired) electrons. The third-order valence-electron chi connectivity index (χ3n) is 2.34. The van der Waals surface area contributed by atoms with Gasteiger partial charge in [-0.25, -0.2) is 0 Å². The number of methoxy groups -OCH3 is 1. The molecule has 0 aliphatic rings. The van der Waals surface area contributed by atoms with Crippen LogP contribution in [0.2, 0.25) is 5.02 Å². The van der Waals surface area contributed by atoms with Crippen LogP contribution in [0, 0.1) is 0 Å². The molecule has 1 heterocycles. The number of ether oxygens (including phenoxy) is 1. The Hall–Kier alpha value is -0.220. The smallest absolute Gasteiger partial charge is 0.124 e. The zero-order valence-electron chi connectivity index (χ0n) is 8.91. The van der Waals surface area contributed by atoms with Gasteiger partial charge in [0, 0.05) is 19.9 Å². The normalized spacial score (nSPS) is 12.5. The molecule has 0 bridgehead atoms. The van der Waals surface area contributed by atoms with Crippen LogP contribution in [0.3, 0.4) is 0 Å². The summed E-state index contributed by atoms with van der Waals surface area (Å²) in [5.41, 5.74) is 0.879. The van der Waals surface area contributed by atoms with Crippen LogP contribution in [0.1, 0.15) is 15.8 Å². The molecule has 90 valence electrons. The van der Waals surface area contributed by atoms with Crippen LogP contribution in [0.15, 0.2) is 34.1 Å². The molecule has 0 N–H and O–H groups in total. The molecule has 0 spiro atoms. The molecule has 0 fully saturated rings. The molecule has 0 aliphatic heterocycles. The summed E-state index contributed by atoms with van der Waals surface area (Å²) in [5, 5.41) is 2.38. The Morgan fingerprint density at radius 3 is 2.71 bits per heavy atom. The van der Waals surface area contributed by atoms with Gasteiger partial charge in [-0.2, -0.15) is 0 Å². The number of halogens is 3. The summed E-state index contributed by atoms with van der Waals surface area (Å²) in [7, 11) is 1.62. The fourth-order valence-corrected chi connectivity index (χ4v) is 3.88. The largest absolute Gasteiger partial charge is 0.496 e. The molecule has 2 rings (SSSR count). The van der Waals surface area contributed by atoms with E-state index in [9.17, 15) is 0 Å². The first-order chi connectivity index (χ1) is 8.13. The van der Waals surface area contributed by atoms with E-state index in [-0.39, 0.29) is 5.38 Å². The first kappa shape index (κ1) is 13.2. The minimum absolute atomic E-state index is 0.266. The maximum absolute atomic E-state index is 6.48. The van der Waals surface area contributed by atoms with Crippen molar-refractivity contribution < 1.29 is 4.74 Å². The maximum atomic E-state index is 6.48. The van der Waals surface area contributed by atoms with Crippen molar-refractivity contribution in [1.29, 1.82) is 0 Å². The Kier molecular flexibility index (Phi) is 4.36. The molecular weight excluding hydrogens is 343 g/mol. The molecule has 0 saturated carbocycles. The second-order valence-corrected chi connectivity index (χ2v) is 6.06. The Morgan fingerprint density at radius 2 is 2.12 bits per heavy atom.